The van der Waals surface area contributed by atoms with Crippen LogP contribution in [0, 0.1) is 0 Å². The van der Waals surface area contributed by atoms with Gasteiger partial charge in [0.15, 0.2) is 0 Å². The van der Waals surface area contributed by atoms with Crippen LogP contribution in [0.15, 0.2) is 0 Å². The van der Waals surface area contributed by atoms with E-state index in [0.717, 1.165) is 38.9 Å². The predicted molar refractivity (Wildman–Crippen MR) is 68.2 cm³/mol. The molecule has 1 aliphatic rings. The van der Waals surface area contributed by atoms with Gasteiger partial charge >= 0.3 is 6.03 Å². The van der Waals surface area contributed by atoms with Crippen LogP contribution in [0.2, 0.25) is 0 Å². The molecule has 0 bridgehead atoms. The molecule has 0 saturated carbocycles. The molecule has 0 aliphatic carbocycles. The lowest BCUT2D eigenvalue weighted by atomic mass is 9.99. The molecular formula is C12H25N3O2. The van der Waals surface area contributed by atoms with Crippen molar-refractivity contribution in [3.8, 4) is 0 Å². The van der Waals surface area contributed by atoms with E-state index in [1.54, 1.807) is 0 Å². The molecule has 1 atom stereocenters. The quantitative estimate of drug-likeness (QED) is 0.606. The Labute approximate surface area is 104 Å². The van der Waals surface area contributed by atoms with E-state index >= 15 is 0 Å². The zero-order valence-corrected chi connectivity index (χ0v) is 11.0. The van der Waals surface area contributed by atoms with E-state index in [1.165, 1.54) is 0 Å². The summed E-state index contributed by atoms with van der Waals surface area (Å²) in [5, 5.41) is 9.03. The van der Waals surface area contributed by atoms with Crippen LogP contribution in [0.25, 0.3) is 0 Å². The molecule has 3 N–H and O–H groups in total. The van der Waals surface area contributed by atoms with Crippen molar-refractivity contribution in [1.29, 1.82) is 0 Å². The minimum absolute atomic E-state index is 0.0968. The summed E-state index contributed by atoms with van der Waals surface area (Å²) in [5.74, 6) is 0. The first-order valence-electron chi connectivity index (χ1n) is 6.59. The molecule has 0 aromatic heterocycles. The molecule has 17 heavy (non-hydrogen) atoms. The third-order valence-corrected chi connectivity index (χ3v) is 3.17. The van der Waals surface area contributed by atoms with Gasteiger partial charge in [-0.05, 0) is 12.8 Å². The second-order valence-electron chi connectivity index (χ2n) is 4.52. The smallest absolute Gasteiger partial charge is 0.314 e. The van der Waals surface area contributed by atoms with E-state index in [1.807, 2.05) is 0 Å². The Morgan fingerprint density at radius 3 is 2.82 bits per heavy atom. The largest absolute Gasteiger partial charge is 0.371 e. The van der Waals surface area contributed by atoms with Crippen LogP contribution in [-0.4, -0.2) is 44.4 Å². The van der Waals surface area contributed by atoms with Crippen LogP contribution < -0.4 is 16.0 Å². The molecule has 5 nitrogen and oxygen atoms in total. The second kappa shape index (κ2) is 7.50. The van der Waals surface area contributed by atoms with Crippen LogP contribution in [-0.2, 0) is 4.74 Å². The van der Waals surface area contributed by atoms with Crippen molar-refractivity contribution in [2.45, 2.75) is 38.7 Å². The topological polar surface area (TPSA) is 62.4 Å². The first-order chi connectivity index (χ1) is 8.22. The SMILES string of the molecule is CCCCNC(=O)NCC1(CC)CNCCO1. The fourth-order valence-electron chi connectivity index (χ4n) is 1.86. The highest BCUT2D eigenvalue weighted by Gasteiger charge is 2.31. The highest BCUT2D eigenvalue weighted by Crippen LogP contribution is 2.16. The average Bonchev–Trinajstić information content (AvgIpc) is 2.38. The third kappa shape index (κ3) is 4.91. The van der Waals surface area contributed by atoms with E-state index in [0.29, 0.717) is 13.2 Å². The lowest BCUT2D eigenvalue weighted by molar-refractivity contribution is -0.0647. The van der Waals surface area contributed by atoms with Crippen molar-refractivity contribution in [3.63, 3.8) is 0 Å². The minimum atomic E-state index is -0.236. The monoisotopic (exact) mass is 243 g/mol. The number of amides is 2. The lowest BCUT2D eigenvalue weighted by Crippen LogP contribution is -2.56. The zero-order valence-electron chi connectivity index (χ0n) is 11.0. The first kappa shape index (κ1) is 14.3. The molecule has 1 fully saturated rings. The van der Waals surface area contributed by atoms with Crippen molar-refractivity contribution >= 4 is 6.03 Å². The Kier molecular flexibility index (Phi) is 6.29. The fourth-order valence-corrected chi connectivity index (χ4v) is 1.86. The van der Waals surface area contributed by atoms with Crippen LogP contribution in [0.5, 0.6) is 0 Å². The summed E-state index contributed by atoms with van der Waals surface area (Å²) < 4.78 is 5.79. The average molecular weight is 243 g/mol. The molecule has 1 saturated heterocycles. The standard InChI is InChI=1S/C12H25N3O2/c1-3-5-6-14-11(16)15-10-12(4-2)9-13-7-8-17-12/h13H,3-10H2,1-2H3,(H2,14,15,16). The fraction of sp³-hybridized carbons (Fsp3) is 0.917. The Morgan fingerprint density at radius 2 is 2.24 bits per heavy atom. The number of ether oxygens (including phenoxy) is 1. The van der Waals surface area contributed by atoms with Crippen molar-refractivity contribution in [3.05, 3.63) is 0 Å². The number of nitrogens with one attached hydrogen (secondary N) is 3. The van der Waals surface area contributed by atoms with Crippen molar-refractivity contribution < 1.29 is 9.53 Å². The summed E-state index contributed by atoms with van der Waals surface area (Å²) in [6, 6.07) is -0.0968. The van der Waals surface area contributed by atoms with Crippen molar-refractivity contribution in [2.24, 2.45) is 0 Å². The summed E-state index contributed by atoms with van der Waals surface area (Å²) in [5.41, 5.74) is -0.236. The molecule has 1 heterocycles. The van der Waals surface area contributed by atoms with E-state index in [-0.39, 0.29) is 11.6 Å². The van der Waals surface area contributed by atoms with E-state index in [9.17, 15) is 4.79 Å². The van der Waals surface area contributed by atoms with Crippen LogP contribution in [0.1, 0.15) is 33.1 Å². The van der Waals surface area contributed by atoms with Gasteiger partial charge in [-0.1, -0.05) is 20.3 Å². The van der Waals surface area contributed by atoms with Gasteiger partial charge in [-0.25, -0.2) is 4.79 Å². The van der Waals surface area contributed by atoms with Gasteiger partial charge in [-0.2, -0.15) is 0 Å². The second-order valence-corrected chi connectivity index (χ2v) is 4.52. The minimum Gasteiger partial charge on any atom is -0.371 e. The number of hydrogen-bond acceptors (Lipinski definition) is 3. The number of hydrogen-bond donors (Lipinski definition) is 3. The van der Waals surface area contributed by atoms with E-state index in [2.05, 4.69) is 29.8 Å². The molecule has 100 valence electrons. The summed E-state index contributed by atoms with van der Waals surface area (Å²) in [6.07, 6.45) is 3.01. The number of unbranched alkanes of at least 4 members (excludes halogenated alkanes) is 1. The van der Waals surface area contributed by atoms with Gasteiger partial charge in [-0.15, -0.1) is 0 Å². The number of morpholine rings is 1. The molecule has 5 heteroatoms. The molecule has 0 spiro atoms. The number of rotatable bonds is 6. The van der Waals surface area contributed by atoms with Gasteiger partial charge in [0.05, 0.1) is 12.2 Å². The van der Waals surface area contributed by atoms with Gasteiger partial charge in [0.2, 0.25) is 0 Å². The normalized spacial score (nSPS) is 24.4. The van der Waals surface area contributed by atoms with Gasteiger partial charge in [0.25, 0.3) is 0 Å². The lowest BCUT2D eigenvalue weighted by Gasteiger charge is -2.37. The summed E-state index contributed by atoms with van der Waals surface area (Å²) in [4.78, 5) is 11.5. The third-order valence-electron chi connectivity index (χ3n) is 3.17. The molecule has 1 rings (SSSR count). The summed E-state index contributed by atoms with van der Waals surface area (Å²) in [7, 11) is 0. The maximum Gasteiger partial charge on any atom is 0.314 e. The molecule has 0 aromatic rings. The Bertz CT molecular complexity index is 228. The maximum atomic E-state index is 11.5. The maximum absolute atomic E-state index is 11.5. The first-order valence-corrected chi connectivity index (χ1v) is 6.59. The van der Waals surface area contributed by atoms with Gasteiger partial charge < -0.3 is 20.7 Å². The van der Waals surface area contributed by atoms with E-state index < -0.39 is 0 Å². The highest BCUT2D eigenvalue weighted by atomic mass is 16.5. The molecule has 0 aromatic carbocycles. The molecule has 1 unspecified atom stereocenters. The van der Waals surface area contributed by atoms with Gasteiger partial charge in [0, 0.05) is 26.2 Å². The van der Waals surface area contributed by atoms with Crippen LogP contribution >= 0.6 is 0 Å². The van der Waals surface area contributed by atoms with Crippen molar-refractivity contribution in [2.75, 3.05) is 32.8 Å². The van der Waals surface area contributed by atoms with Gasteiger partial charge in [-0.3, -0.25) is 0 Å². The number of carbonyl (C=O) groups excluding carboxylic acids is 1. The van der Waals surface area contributed by atoms with Crippen LogP contribution in [0.3, 0.4) is 0 Å². The Hall–Kier alpha value is -0.810. The Morgan fingerprint density at radius 1 is 1.41 bits per heavy atom. The Balaban J connectivity index is 2.24. The molecule has 2 amide bonds. The predicted octanol–water partition coefficient (Wildman–Crippen LogP) is 0.854. The van der Waals surface area contributed by atoms with Crippen LogP contribution in [0.4, 0.5) is 4.79 Å². The zero-order chi connectivity index (χ0) is 12.6. The highest BCUT2D eigenvalue weighted by molar-refractivity contribution is 5.73. The number of urea groups is 1. The molecular weight excluding hydrogens is 218 g/mol. The molecule has 1 aliphatic heterocycles. The van der Waals surface area contributed by atoms with E-state index in [4.69, 9.17) is 4.74 Å². The molecule has 0 radical (unpaired) electrons. The number of carbonyl (C=O) groups is 1. The van der Waals surface area contributed by atoms with Crippen molar-refractivity contribution in [1.82, 2.24) is 16.0 Å². The summed E-state index contributed by atoms with van der Waals surface area (Å²) in [6.45, 7) is 7.90. The van der Waals surface area contributed by atoms with Gasteiger partial charge in [0.1, 0.15) is 0 Å². The summed E-state index contributed by atoms with van der Waals surface area (Å²) >= 11 is 0.